The predicted molar refractivity (Wildman–Crippen MR) is 143 cm³/mol. The number of carbonyl (C=O) groups excluding carboxylic acids is 1. The molecule has 3 heterocycles. The van der Waals surface area contributed by atoms with Crippen LogP contribution in [0, 0.1) is 0 Å². The Morgan fingerprint density at radius 1 is 1.16 bits per heavy atom. The molecule has 2 aliphatic rings. The number of nitrogens with zero attached hydrogens (tertiary/aromatic N) is 5. The number of hydrogen-bond acceptors (Lipinski definition) is 6. The minimum atomic E-state index is -3.69. The van der Waals surface area contributed by atoms with Crippen molar-refractivity contribution in [1.82, 2.24) is 20.2 Å². The molecule has 0 spiro atoms. The zero-order valence-corrected chi connectivity index (χ0v) is 20.9. The van der Waals surface area contributed by atoms with Gasteiger partial charge in [-0.05, 0) is 48.7 Å². The van der Waals surface area contributed by atoms with Gasteiger partial charge in [-0.2, -0.15) is 8.78 Å². The lowest BCUT2D eigenvalue weighted by Crippen LogP contribution is -2.47. The molecule has 2 fully saturated rings. The number of aliphatic imine (C=N–C) groups is 2. The second-order valence-electron chi connectivity index (χ2n) is 9.38. The number of benzene rings is 1. The maximum Gasteiger partial charge on any atom is 0.350 e. The summed E-state index contributed by atoms with van der Waals surface area (Å²) >= 11 is 0. The van der Waals surface area contributed by atoms with Gasteiger partial charge in [0, 0.05) is 49.7 Å². The molecule has 38 heavy (non-hydrogen) atoms. The fourth-order valence-electron chi connectivity index (χ4n) is 4.53. The summed E-state index contributed by atoms with van der Waals surface area (Å²) in [6.45, 7) is 7.26. The number of carbonyl (C=O) groups is 1. The average molecular weight is 518 g/mol. The number of alkyl halides is 2. The molecule has 2 N–H and O–H groups in total. The fraction of sp³-hybridized carbons (Fsp3) is 0.321. The van der Waals surface area contributed by atoms with E-state index >= 15 is 0 Å². The molecule has 0 atom stereocenters. The van der Waals surface area contributed by atoms with Gasteiger partial charge in [0.1, 0.15) is 11.7 Å². The summed E-state index contributed by atoms with van der Waals surface area (Å²) in [6, 6.07) is 10.3. The third-order valence-electron chi connectivity index (χ3n) is 6.68. The van der Waals surface area contributed by atoms with Gasteiger partial charge in [-0.3, -0.25) is 19.8 Å². The lowest BCUT2D eigenvalue weighted by atomic mass is 10.0. The first-order valence-electron chi connectivity index (χ1n) is 12.6. The number of aromatic nitrogens is 2. The Kier molecular flexibility index (Phi) is 7.50. The summed E-state index contributed by atoms with van der Waals surface area (Å²) in [4.78, 5) is 32.3. The number of piperazine rings is 1. The van der Waals surface area contributed by atoms with E-state index in [1.807, 2.05) is 6.20 Å². The molecule has 8 nitrogen and oxygen atoms in total. The van der Waals surface area contributed by atoms with E-state index in [2.05, 4.69) is 37.2 Å². The second-order valence-corrected chi connectivity index (χ2v) is 9.38. The van der Waals surface area contributed by atoms with Crippen LogP contribution in [0.2, 0.25) is 0 Å². The summed E-state index contributed by atoms with van der Waals surface area (Å²) in [5.41, 5.74) is 3.11. The van der Waals surface area contributed by atoms with Gasteiger partial charge in [0.15, 0.2) is 0 Å². The van der Waals surface area contributed by atoms with Crippen molar-refractivity contribution in [2.24, 2.45) is 9.98 Å². The SMILES string of the molecule is C=Nc1cncc(C2CC2)c1/C(=N\Cc1ccnc(NC(=O)C(F)(F)c2ccccc2)c1)N1CCNCC1. The van der Waals surface area contributed by atoms with Gasteiger partial charge in [0.25, 0.3) is 0 Å². The Labute approximate surface area is 219 Å². The van der Waals surface area contributed by atoms with Crippen molar-refractivity contribution in [2.75, 3.05) is 31.5 Å². The molecule has 5 rings (SSSR count). The van der Waals surface area contributed by atoms with E-state index in [4.69, 9.17) is 4.99 Å². The van der Waals surface area contributed by atoms with E-state index in [9.17, 15) is 13.6 Å². The van der Waals surface area contributed by atoms with E-state index in [0.717, 1.165) is 61.5 Å². The van der Waals surface area contributed by atoms with Gasteiger partial charge in [-0.15, -0.1) is 0 Å². The summed E-state index contributed by atoms with van der Waals surface area (Å²) in [7, 11) is 0. The maximum absolute atomic E-state index is 14.7. The van der Waals surface area contributed by atoms with Crippen LogP contribution in [-0.4, -0.2) is 59.5 Å². The Morgan fingerprint density at radius 3 is 2.63 bits per heavy atom. The Hall–Kier alpha value is -4.05. The van der Waals surface area contributed by atoms with E-state index in [1.165, 1.54) is 30.5 Å². The number of amides is 1. The van der Waals surface area contributed by atoms with Crippen LogP contribution in [-0.2, 0) is 17.3 Å². The van der Waals surface area contributed by atoms with Crippen molar-refractivity contribution in [1.29, 1.82) is 0 Å². The smallest absolute Gasteiger partial charge is 0.350 e. The highest BCUT2D eigenvalue weighted by atomic mass is 19.3. The normalized spacial score (nSPS) is 16.3. The molecule has 1 aliphatic heterocycles. The second kappa shape index (κ2) is 11.1. The highest BCUT2D eigenvalue weighted by molar-refractivity contribution is 6.04. The molecule has 1 amide bonds. The van der Waals surface area contributed by atoms with Crippen molar-refractivity contribution in [3.63, 3.8) is 0 Å². The molecule has 0 unspecified atom stereocenters. The van der Waals surface area contributed by atoms with Gasteiger partial charge in [0.2, 0.25) is 0 Å². The van der Waals surface area contributed by atoms with Crippen LogP contribution in [0.3, 0.4) is 0 Å². The van der Waals surface area contributed by atoms with Crippen molar-refractivity contribution >= 4 is 30.0 Å². The van der Waals surface area contributed by atoms with Crippen molar-refractivity contribution in [3.8, 4) is 0 Å². The van der Waals surface area contributed by atoms with E-state index in [-0.39, 0.29) is 17.9 Å². The standard InChI is InChI=1S/C28H29F2N7O/c1-31-23-18-33-17-22(20-7-8-20)25(23)26(37-13-11-32-12-14-37)35-16-19-9-10-34-24(15-19)36-27(38)28(29,30)21-5-3-2-4-6-21/h2-6,9-10,15,17-18,20,32H,1,7-8,11-14,16H2,(H,34,36,38)/b35-26+. The molecule has 1 aromatic carbocycles. The Morgan fingerprint density at radius 2 is 1.92 bits per heavy atom. The highest BCUT2D eigenvalue weighted by Crippen LogP contribution is 2.43. The number of pyridine rings is 2. The van der Waals surface area contributed by atoms with Crippen molar-refractivity contribution < 1.29 is 13.6 Å². The molecule has 196 valence electrons. The van der Waals surface area contributed by atoms with Crippen LogP contribution in [0.5, 0.6) is 0 Å². The van der Waals surface area contributed by atoms with Crippen LogP contribution in [0.25, 0.3) is 0 Å². The van der Waals surface area contributed by atoms with Gasteiger partial charge >= 0.3 is 11.8 Å². The van der Waals surface area contributed by atoms with E-state index in [0.29, 0.717) is 11.6 Å². The number of halogens is 2. The molecule has 1 saturated heterocycles. The van der Waals surface area contributed by atoms with Crippen molar-refractivity contribution in [3.05, 3.63) is 83.3 Å². The minimum Gasteiger partial charge on any atom is -0.354 e. The molecule has 3 aromatic rings. The highest BCUT2D eigenvalue weighted by Gasteiger charge is 2.41. The third-order valence-corrected chi connectivity index (χ3v) is 6.68. The minimum absolute atomic E-state index is 0.0399. The first-order valence-corrected chi connectivity index (χ1v) is 12.6. The first-order chi connectivity index (χ1) is 18.5. The summed E-state index contributed by atoms with van der Waals surface area (Å²) in [6.07, 6.45) is 7.28. The number of nitrogens with one attached hydrogen (secondary N) is 2. The van der Waals surface area contributed by atoms with Crippen molar-refractivity contribution in [2.45, 2.75) is 31.2 Å². The zero-order valence-electron chi connectivity index (χ0n) is 20.9. The van der Waals surface area contributed by atoms with E-state index in [1.54, 1.807) is 24.4 Å². The zero-order chi connectivity index (χ0) is 26.5. The topological polar surface area (TPSA) is 94.9 Å². The van der Waals surface area contributed by atoms with E-state index < -0.39 is 11.8 Å². The van der Waals surface area contributed by atoms with Crippen LogP contribution in [0.4, 0.5) is 20.3 Å². The molecule has 1 aliphatic carbocycles. The van der Waals surface area contributed by atoms with Gasteiger partial charge in [-0.25, -0.2) is 4.98 Å². The lowest BCUT2D eigenvalue weighted by Gasteiger charge is -2.32. The Bertz CT molecular complexity index is 1340. The monoisotopic (exact) mass is 517 g/mol. The van der Waals surface area contributed by atoms with Crippen LogP contribution in [0.15, 0.2) is 71.0 Å². The van der Waals surface area contributed by atoms with Crippen LogP contribution in [0.1, 0.15) is 41.0 Å². The first kappa shape index (κ1) is 25.6. The largest absolute Gasteiger partial charge is 0.354 e. The molecular weight excluding hydrogens is 488 g/mol. The van der Waals surface area contributed by atoms with Gasteiger partial charge in [-0.1, -0.05) is 30.3 Å². The number of rotatable bonds is 8. The van der Waals surface area contributed by atoms with Gasteiger partial charge in [0.05, 0.1) is 18.4 Å². The summed E-state index contributed by atoms with van der Waals surface area (Å²) < 4.78 is 29.3. The maximum atomic E-state index is 14.7. The molecule has 0 radical (unpaired) electrons. The lowest BCUT2D eigenvalue weighted by molar-refractivity contribution is -0.140. The van der Waals surface area contributed by atoms with Gasteiger partial charge < -0.3 is 15.5 Å². The quantitative estimate of drug-likeness (QED) is 0.344. The molecule has 2 aromatic heterocycles. The predicted octanol–water partition coefficient (Wildman–Crippen LogP) is 4.27. The molecule has 1 saturated carbocycles. The molecule has 0 bridgehead atoms. The third kappa shape index (κ3) is 5.60. The molecule has 10 heteroatoms. The fourth-order valence-corrected chi connectivity index (χ4v) is 4.53. The van der Waals surface area contributed by atoms with Crippen LogP contribution < -0.4 is 10.6 Å². The summed E-state index contributed by atoms with van der Waals surface area (Å²) in [5.74, 6) is -3.84. The number of hydrogen-bond donors (Lipinski definition) is 2. The average Bonchev–Trinajstić information content (AvgIpc) is 3.80. The molecular formula is C28H29F2N7O. The Balaban J connectivity index is 1.41. The number of amidine groups is 1. The number of anilines is 1. The van der Waals surface area contributed by atoms with Crippen LogP contribution >= 0.6 is 0 Å². The summed E-state index contributed by atoms with van der Waals surface area (Å²) in [5, 5.41) is 5.62.